The lowest BCUT2D eigenvalue weighted by Crippen LogP contribution is -2.44. The lowest BCUT2D eigenvalue weighted by Gasteiger charge is -2.25. The zero-order valence-corrected chi connectivity index (χ0v) is 20.1. The number of hydrogen-bond donors (Lipinski definition) is 1. The predicted octanol–water partition coefficient (Wildman–Crippen LogP) is 5.35. The van der Waals surface area contributed by atoms with E-state index >= 15 is 0 Å². The van der Waals surface area contributed by atoms with Crippen LogP contribution < -0.4 is 4.90 Å². The average Bonchev–Trinajstić information content (AvgIpc) is 3.34. The SMILES string of the molecule is CCCCc1ncc(CC(=O)N(c2ccc(C)s2)[C@@H](C)C(=O)O)n1Cc1ccccc1Cl. The summed E-state index contributed by atoms with van der Waals surface area (Å²) in [6.07, 6.45) is 4.61. The van der Waals surface area contributed by atoms with Crippen molar-refractivity contribution in [3.63, 3.8) is 0 Å². The van der Waals surface area contributed by atoms with E-state index in [1.54, 1.807) is 12.3 Å². The quantitative estimate of drug-likeness (QED) is 0.431. The van der Waals surface area contributed by atoms with E-state index in [0.29, 0.717) is 16.6 Å². The molecule has 1 aromatic carbocycles. The number of rotatable bonds is 10. The summed E-state index contributed by atoms with van der Waals surface area (Å²) in [4.78, 5) is 32.1. The molecule has 2 aromatic heterocycles. The number of thiophene rings is 1. The first-order valence-electron chi connectivity index (χ1n) is 10.7. The number of carboxylic acids is 1. The fraction of sp³-hybridized carbons (Fsp3) is 0.375. The number of amides is 1. The highest BCUT2D eigenvalue weighted by atomic mass is 35.5. The molecule has 0 aliphatic rings. The molecule has 0 unspecified atom stereocenters. The van der Waals surface area contributed by atoms with Gasteiger partial charge in [-0.3, -0.25) is 9.69 Å². The predicted molar refractivity (Wildman–Crippen MR) is 129 cm³/mol. The van der Waals surface area contributed by atoms with E-state index in [2.05, 4.69) is 11.9 Å². The number of benzene rings is 1. The summed E-state index contributed by atoms with van der Waals surface area (Å²) in [7, 11) is 0. The van der Waals surface area contributed by atoms with Crippen molar-refractivity contribution >= 4 is 39.8 Å². The summed E-state index contributed by atoms with van der Waals surface area (Å²) >= 11 is 7.80. The van der Waals surface area contributed by atoms with Crippen molar-refractivity contribution in [2.45, 2.75) is 59.0 Å². The molecule has 0 saturated carbocycles. The topological polar surface area (TPSA) is 75.4 Å². The zero-order valence-electron chi connectivity index (χ0n) is 18.5. The molecular formula is C24H28ClN3O3S. The molecule has 3 rings (SSSR count). The number of carboxylic acid groups (broad SMARTS) is 1. The fourth-order valence-corrected chi connectivity index (χ4v) is 4.71. The van der Waals surface area contributed by atoms with Gasteiger partial charge in [-0.15, -0.1) is 11.3 Å². The molecule has 3 aromatic rings. The second kappa shape index (κ2) is 10.8. The number of aryl methyl sites for hydroxylation is 2. The number of anilines is 1. The normalized spacial score (nSPS) is 12.0. The Morgan fingerprint density at radius 1 is 1.25 bits per heavy atom. The first-order valence-corrected chi connectivity index (χ1v) is 11.9. The molecule has 170 valence electrons. The molecule has 8 heteroatoms. The van der Waals surface area contributed by atoms with Gasteiger partial charge in [0.05, 0.1) is 18.0 Å². The Hall–Kier alpha value is -2.64. The zero-order chi connectivity index (χ0) is 23.3. The average molecular weight is 474 g/mol. The summed E-state index contributed by atoms with van der Waals surface area (Å²) in [6, 6.07) is 10.3. The summed E-state index contributed by atoms with van der Waals surface area (Å²) in [5, 5.41) is 10.9. The third kappa shape index (κ3) is 5.58. The standard InChI is InChI=1S/C24H28ClN3O3S/c1-4-5-10-21-26-14-19(27(21)15-18-8-6-7-9-20(18)25)13-22(29)28(17(3)24(30)31)23-12-11-16(2)32-23/h6-9,11-12,14,17H,4-5,10,13,15H2,1-3H3,(H,30,31)/t17-/m0/s1. The van der Waals surface area contributed by atoms with Crippen LogP contribution in [0.15, 0.2) is 42.6 Å². The minimum absolute atomic E-state index is 0.0537. The number of aromatic nitrogens is 2. The number of hydrogen-bond acceptors (Lipinski definition) is 4. The van der Waals surface area contributed by atoms with Crippen LogP contribution in [-0.2, 0) is 29.0 Å². The van der Waals surface area contributed by atoms with E-state index in [1.807, 2.05) is 41.8 Å². The number of carbonyl (C=O) groups is 2. The molecule has 1 amide bonds. The van der Waals surface area contributed by atoms with Gasteiger partial charge in [0.1, 0.15) is 11.9 Å². The van der Waals surface area contributed by atoms with Crippen LogP contribution in [0.3, 0.4) is 0 Å². The number of imidazole rings is 1. The molecule has 0 bridgehead atoms. The summed E-state index contributed by atoms with van der Waals surface area (Å²) < 4.78 is 2.04. The summed E-state index contributed by atoms with van der Waals surface area (Å²) in [6.45, 7) is 6.10. The Morgan fingerprint density at radius 3 is 2.62 bits per heavy atom. The Morgan fingerprint density at radius 2 is 2.00 bits per heavy atom. The van der Waals surface area contributed by atoms with Crippen LogP contribution in [0.25, 0.3) is 0 Å². The van der Waals surface area contributed by atoms with Gasteiger partial charge in [0.25, 0.3) is 0 Å². The van der Waals surface area contributed by atoms with E-state index in [4.69, 9.17) is 11.6 Å². The molecule has 0 aliphatic heterocycles. The summed E-state index contributed by atoms with van der Waals surface area (Å²) in [5.41, 5.74) is 1.69. The Labute approximate surface area is 197 Å². The second-order valence-corrected chi connectivity index (χ2v) is 9.46. The smallest absolute Gasteiger partial charge is 0.326 e. The molecule has 0 spiro atoms. The van der Waals surface area contributed by atoms with Gasteiger partial charge in [-0.2, -0.15) is 0 Å². The number of aliphatic carboxylic acids is 1. The van der Waals surface area contributed by atoms with E-state index in [9.17, 15) is 14.7 Å². The highest BCUT2D eigenvalue weighted by Gasteiger charge is 2.29. The fourth-order valence-electron chi connectivity index (χ4n) is 3.55. The largest absolute Gasteiger partial charge is 0.480 e. The van der Waals surface area contributed by atoms with Crippen molar-refractivity contribution in [1.82, 2.24) is 9.55 Å². The van der Waals surface area contributed by atoms with Crippen LogP contribution in [0, 0.1) is 6.92 Å². The highest BCUT2D eigenvalue weighted by Crippen LogP contribution is 2.28. The van der Waals surface area contributed by atoms with Crippen molar-refractivity contribution < 1.29 is 14.7 Å². The van der Waals surface area contributed by atoms with Gasteiger partial charge in [0, 0.05) is 28.2 Å². The molecule has 32 heavy (non-hydrogen) atoms. The van der Waals surface area contributed by atoms with E-state index < -0.39 is 12.0 Å². The van der Waals surface area contributed by atoms with Gasteiger partial charge < -0.3 is 9.67 Å². The lowest BCUT2D eigenvalue weighted by molar-refractivity contribution is -0.139. The van der Waals surface area contributed by atoms with Crippen LogP contribution >= 0.6 is 22.9 Å². The molecule has 1 atom stereocenters. The maximum atomic E-state index is 13.4. The highest BCUT2D eigenvalue weighted by molar-refractivity contribution is 7.16. The minimum atomic E-state index is -1.04. The maximum Gasteiger partial charge on any atom is 0.326 e. The van der Waals surface area contributed by atoms with Gasteiger partial charge in [-0.1, -0.05) is 43.1 Å². The number of halogens is 1. The first-order chi connectivity index (χ1) is 15.3. The van der Waals surface area contributed by atoms with Crippen LogP contribution in [0.2, 0.25) is 5.02 Å². The number of nitrogens with zero attached hydrogens (tertiary/aromatic N) is 3. The lowest BCUT2D eigenvalue weighted by atomic mass is 10.2. The molecule has 6 nitrogen and oxygen atoms in total. The van der Waals surface area contributed by atoms with Crippen molar-refractivity contribution in [1.29, 1.82) is 0 Å². The maximum absolute atomic E-state index is 13.4. The van der Waals surface area contributed by atoms with E-state index in [-0.39, 0.29) is 12.3 Å². The Balaban J connectivity index is 1.93. The number of unbranched alkanes of at least 4 members (excludes halogenated alkanes) is 1. The van der Waals surface area contributed by atoms with Crippen molar-refractivity contribution in [2.24, 2.45) is 0 Å². The Bertz CT molecular complexity index is 1090. The third-order valence-electron chi connectivity index (χ3n) is 5.37. The van der Waals surface area contributed by atoms with E-state index in [1.165, 1.54) is 23.2 Å². The van der Waals surface area contributed by atoms with Crippen molar-refractivity contribution in [2.75, 3.05) is 4.90 Å². The monoisotopic (exact) mass is 473 g/mol. The molecule has 2 heterocycles. The molecule has 0 fully saturated rings. The second-order valence-electron chi connectivity index (χ2n) is 7.79. The summed E-state index contributed by atoms with van der Waals surface area (Å²) in [5.74, 6) is -0.416. The van der Waals surface area contributed by atoms with Crippen molar-refractivity contribution in [3.8, 4) is 0 Å². The van der Waals surface area contributed by atoms with E-state index in [0.717, 1.165) is 41.2 Å². The van der Waals surface area contributed by atoms with Gasteiger partial charge in [0.15, 0.2) is 0 Å². The minimum Gasteiger partial charge on any atom is -0.480 e. The molecule has 0 saturated heterocycles. The number of carbonyl (C=O) groups excluding carboxylic acids is 1. The van der Waals surface area contributed by atoms with Gasteiger partial charge >= 0.3 is 5.97 Å². The van der Waals surface area contributed by atoms with Crippen LogP contribution in [0.5, 0.6) is 0 Å². The Kier molecular flexibility index (Phi) is 8.10. The van der Waals surface area contributed by atoms with Crippen LogP contribution in [0.4, 0.5) is 5.00 Å². The van der Waals surface area contributed by atoms with Gasteiger partial charge in [-0.05, 0) is 44.0 Å². The first kappa shape index (κ1) is 24.0. The van der Waals surface area contributed by atoms with Gasteiger partial charge in [0.2, 0.25) is 5.91 Å². The molecule has 1 N–H and O–H groups in total. The van der Waals surface area contributed by atoms with Crippen LogP contribution in [-0.4, -0.2) is 32.6 Å². The van der Waals surface area contributed by atoms with Crippen LogP contribution in [0.1, 0.15) is 48.6 Å². The molecular weight excluding hydrogens is 446 g/mol. The third-order valence-corrected chi connectivity index (χ3v) is 6.74. The molecule has 0 radical (unpaired) electrons. The van der Waals surface area contributed by atoms with Gasteiger partial charge in [-0.25, -0.2) is 9.78 Å². The molecule has 0 aliphatic carbocycles. The van der Waals surface area contributed by atoms with Crippen molar-refractivity contribution in [3.05, 3.63) is 69.6 Å².